The maximum absolute atomic E-state index is 12.0. The van der Waals surface area contributed by atoms with E-state index in [-0.39, 0.29) is 18.2 Å². The molecule has 3 N–H and O–H groups in total. The van der Waals surface area contributed by atoms with Crippen molar-refractivity contribution in [3.8, 4) is 0 Å². The molecule has 0 aliphatic rings. The summed E-state index contributed by atoms with van der Waals surface area (Å²) >= 11 is 8.83. The van der Waals surface area contributed by atoms with Crippen molar-refractivity contribution in [3.63, 3.8) is 0 Å². The van der Waals surface area contributed by atoms with Gasteiger partial charge >= 0.3 is 0 Å². The van der Waals surface area contributed by atoms with Gasteiger partial charge in [0.25, 0.3) is 6.43 Å². The normalized spacial score (nSPS) is 14.8. The molecule has 0 amide bonds. The van der Waals surface area contributed by atoms with E-state index in [0.717, 1.165) is 0 Å². The Morgan fingerprint density at radius 3 is 2.56 bits per heavy atom. The lowest BCUT2D eigenvalue weighted by atomic mass is 10.1. The molecule has 1 heterocycles. The molecule has 0 saturated carbocycles. The summed E-state index contributed by atoms with van der Waals surface area (Å²) in [5.41, 5.74) is 0.501. The van der Waals surface area contributed by atoms with E-state index in [4.69, 9.17) is 16.7 Å². The fraction of sp³-hybridized carbons (Fsp3) is 0.500. The minimum absolute atomic E-state index is 0.0244. The van der Waals surface area contributed by atoms with Crippen LogP contribution < -0.4 is 5.32 Å². The zero-order valence-corrected chi connectivity index (χ0v) is 11.5. The quantitative estimate of drug-likeness (QED) is 0.687. The maximum atomic E-state index is 12.0. The van der Waals surface area contributed by atoms with E-state index in [1.54, 1.807) is 6.07 Å². The third kappa shape index (κ3) is 5.11. The molecule has 4 nitrogen and oxygen atoms in total. The van der Waals surface area contributed by atoms with Crippen molar-refractivity contribution in [2.24, 2.45) is 0 Å². The highest BCUT2D eigenvalue weighted by molar-refractivity contribution is 9.10. The molecule has 1 rings (SSSR count). The molecular weight excluding hydrogens is 333 g/mol. The van der Waals surface area contributed by atoms with Gasteiger partial charge < -0.3 is 15.5 Å². The van der Waals surface area contributed by atoms with Gasteiger partial charge in [0.05, 0.1) is 6.10 Å². The molecular formula is C10H12BrClF2N2O2. The molecule has 0 fully saturated rings. The first kappa shape index (κ1) is 15.7. The Morgan fingerprint density at radius 2 is 2.00 bits per heavy atom. The van der Waals surface area contributed by atoms with Crippen LogP contribution in [0.3, 0.4) is 0 Å². The van der Waals surface area contributed by atoms with Crippen molar-refractivity contribution in [1.29, 1.82) is 0 Å². The van der Waals surface area contributed by atoms with Crippen LogP contribution in [0.25, 0.3) is 0 Å². The van der Waals surface area contributed by atoms with Crippen LogP contribution in [-0.2, 0) is 0 Å². The number of hydrogen-bond donors (Lipinski definition) is 3. The van der Waals surface area contributed by atoms with Crippen LogP contribution in [0.1, 0.15) is 11.7 Å². The fourth-order valence-electron chi connectivity index (χ4n) is 1.25. The van der Waals surface area contributed by atoms with Crippen LogP contribution in [0.15, 0.2) is 16.7 Å². The number of hydrogen-bond acceptors (Lipinski definition) is 4. The average Bonchev–Trinajstić information content (AvgIpc) is 2.27. The Labute approximate surface area is 116 Å². The molecule has 1 aromatic rings. The lowest BCUT2D eigenvalue weighted by Crippen LogP contribution is -2.34. The van der Waals surface area contributed by atoms with Gasteiger partial charge in [0.15, 0.2) is 0 Å². The second kappa shape index (κ2) is 7.30. The van der Waals surface area contributed by atoms with E-state index in [1.807, 2.05) is 0 Å². The predicted molar refractivity (Wildman–Crippen MR) is 66.8 cm³/mol. The molecule has 2 unspecified atom stereocenters. The standard InChI is InChI=1S/C10H12BrClF2N2O2/c11-8-1-5(2-9(12)16-8)6(17)3-15-4-7(18)10(13)14/h1-2,6-7,10,15,17-18H,3-4H2. The zero-order chi connectivity index (χ0) is 13.7. The Morgan fingerprint density at radius 1 is 1.33 bits per heavy atom. The van der Waals surface area contributed by atoms with Crippen molar-refractivity contribution < 1.29 is 19.0 Å². The molecule has 0 aliphatic heterocycles. The maximum Gasteiger partial charge on any atom is 0.265 e. The van der Waals surface area contributed by atoms with Gasteiger partial charge in [0.1, 0.15) is 15.9 Å². The van der Waals surface area contributed by atoms with Gasteiger partial charge in [0.2, 0.25) is 0 Å². The molecule has 102 valence electrons. The summed E-state index contributed by atoms with van der Waals surface area (Å²) in [6.07, 6.45) is -5.48. The summed E-state index contributed by atoms with van der Waals surface area (Å²) in [7, 11) is 0. The average molecular weight is 346 g/mol. The van der Waals surface area contributed by atoms with Crippen LogP contribution in [0.4, 0.5) is 8.78 Å². The van der Waals surface area contributed by atoms with Crippen LogP contribution in [0.5, 0.6) is 0 Å². The van der Waals surface area contributed by atoms with E-state index >= 15 is 0 Å². The Hall–Kier alpha value is -0.340. The number of rotatable bonds is 6. The van der Waals surface area contributed by atoms with Gasteiger partial charge in [-0.15, -0.1) is 0 Å². The van der Waals surface area contributed by atoms with Crippen molar-refractivity contribution in [2.45, 2.75) is 18.6 Å². The van der Waals surface area contributed by atoms with Gasteiger partial charge in [-0.3, -0.25) is 0 Å². The number of nitrogens with one attached hydrogen (secondary N) is 1. The summed E-state index contributed by atoms with van der Waals surface area (Å²) in [5.74, 6) is 0. The first-order valence-corrected chi connectivity index (χ1v) is 6.25. The molecule has 0 radical (unpaired) electrons. The molecule has 0 saturated heterocycles. The second-order valence-corrected chi connectivity index (χ2v) is 4.82. The number of nitrogens with zero attached hydrogens (tertiary/aromatic N) is 1. The summed E-state index contributed by atoms with van der Waals surface area (Å²) < 4.78 is 24.5. The molecule has 0 bridgehead atoms. The first-order chi connectivity index (χ1) is 8.40. The highest BCUT2D eigenvalue weighted by Crippen LogP contribution is 2.20. The molecule has 1 aromatic heterocycles. The largest absolute Gasteiger partial charge is 0.387 e. The van der Waals surface area contributed by atoms with Gasteiger partial charge in [-0.05, 0) is 33.6 Å². The summed E-state index contributed by atoms with van der Waals surface area (Å²) in [6, 6.07) is 3.05. The summed E-state index contributed by atoms with van der Waals surface area (Å²) in [4.78, 5) is 3.86. The number of pyridine rings is 1. The molecule has 0 aromatic carbocycles. The summed E-state index contributed by atoms with van der Waals surface area (Å²) in [6.45, 7) is -0.273. The molecule has 8 heteroatoms. The predicted octanol–water partition coefficient (Wildman–Crippen LogP) is 1.75. The van der Waals surface area contributed by atoms with Crippen LogP contribution >= 0.6 is 27.5 Å². The Balaban J connectivity index is 2.47. The SMILES string of the molecule is OC(CNCC(O)C(F)F)c1cc(Cl)nc(Br)c1. The molecule has 0 spiro atoms. The van der Waals surface area contributed by atoms with Crippen LogP contribution in [0, 0.1) is 0 Å². The topological polar surface area (TPSA) is 65.4 Å². The van der Waals surface area contributed by atoms with Gasteiger partial charge in [-0.1, -0.05) is 11.6 Å². The third-order valence-corrected chi connectivity index (χ3v) is 2.75. The third-order valence-electron chi connectivity index (χ3n) is 2.15. The van der Waals surface area contributed by atoms with E-state index in [0.29, 0.717) is 10.2 Å². The van der Waals surface area contributed by atoms with Gasteiger partial charge in [0, 0.05) is 13.1 Å². The summed E-state index contributed by atoms with van der Waals surface area (Å²) in [5, 5.41) is 21.4. The zero-order valence-electron chi connectivity index (χ0n) is 9.15. The van der Waals surface area contributed by atoms with E-state index in [1.165, 1.54) is 6.07 Å². The van der Waals surface area contributed by atoms with Crippen LogP contribution in [0.2, 0.25) is 5.15 Å². The number of aliphatic hydroxyl groups excluding tert-OH is 2. The fourth-order valence-corrected chi connectivity index (χ4v) is 2.03. The highest BCUT2D eigenvalue weighted by atomic mass is 79.9. The second-order valence-electron chi connectivity index (χ2n) is 3.62. The number of aliphatic hydroxyl groups is 2. The Bertz CT molecular complexity index is 378. The highest BCUT2D eigenvalue weighted by Gasteiger charge is 2.17. The molecule has 2 atom stereocenters. The molecule has 0 aliphatic carbocycles. The first-order valence-electron chi connectivity index (χ1n) is 5.08. The number of halogens is 4. The Kier molecular flexibility index (Phi) is 6.37. The molecule has 18 heavy (non-hydrogen) atoms. The minimum atomic E-state index is -2.81. The van der Waals surface area contributed by atoms with E-state index in [2.05, 4.69) is 26.2 Å². The van der Waals surface area contributed by atoms with E-state index in [9.17, 15) is 13.9 Å². The van der Waals surface area contributed by atoms with Gasteiger partial charge in [-0.25, -0.2) is 13.8 Å². The van der Waals surface area contributed by atoms with Crippen LogP contribution in [-0.4, -0.2) is 40.8 Å². The van der Waals surface area contributed by atoms with Crippen molar-refractivity contribution in [3.05, 3.63) is 27.5 Å². The van der Waals surface area contributed by atoms with E-state index < -0.39 is 18.6 Å². The van der Waals surface area contributed by atoms with Crippen molar-refractivity contribution >= 4 is 27.5 Å². The smallest absolute Gasteiger partial charge is 0.265 e. The number of aromatic nitrogens is 1. The monoisotopic (exact) mass is 344 g/mol. The minimum Gasteiger partial charge on any atom is -0.387 e. The lowest BCUT2D eigenvalue weighted by molar-refractivity contribution is -0.00463. The lowest BCUT2D eigenvalue weighted by Gasteiger charge is -2.15. The van der Waals surface area contributed by atoms with Gasteiger partial charge in [-0.2, -0.15) is 0 Å². The van der Waals surface area contributed by atoms with Crippen molar-refractivity contribution in [2.75, 3.05) is 13.1 Å². The van der Waals surface area contributed by atoms with Crippen molar-refractivity contribution in [1.82, 2.24) is 10.3 Å². The number of alkyl halides is 2.